The molecule has 2 saturated heterocycles. The maximum Gasteiger partial charge on any atom is 1.00 e. The van der Waals surface area contributed by atoms with Crippen LogP contribution in [-0.4, -0.2) is 93.7 Å². The minimum atomic E-state index is -1.57. The van der Waals surface area contributed by atoms with Crippen molar-refractivity contribution in [3.63, 3.8) is 0 Å². The summed E-state index contributed by atoms with van der Waals surface area (Å²) in [5.41, 5.74) is 2.65. The van der Waals surface area contributed by atoms with E-state index in [2.05, 4.69) is 15.7 Å². The Morgan fingerprint density at radius 2 is 1.87 bits per heavy atom. The number of aryl methyl sites for hydroxylation is 1. The Kier molecular flexibility index (Phi) is 11.3. The standard InChI is InChI=1S/C30H30N6O8S.Na/c1-17-5-3-7-20(11-17)14-31-35-10-9-34(30(35)43)29(42)32-22-8-4-6-19(12-22)13-23(38)33-24-26(39)36-25(28(40)41)21(15-44-18(2)37)16-45-27(24)36;/h3-8,11-12,14,24,27H,9-10,13,15-16H2,1-2H3,(H,32,42)(H,33,38)(H,40,41);/q;+1/p-1/t24?,27-;/m0./s1. The van der Waals surface area contributed by atoms with E-state index in [9.17, 15) is 33.9 Å². The Hall–Kier alpha value is -4.18. The van der Waals surface area contributed by atoms with Gasteiger partial charge >= 0.3 is 47.6 Å². The van der Waals surface area contributed by atoms with E-state index in [1.165, 1.54) is 23.7 Å². The maximum atomic E-state index is 12.9. The molecule has 234 valence electrons. The van der Waals surface area contributed by atoms with Gasteiger partial charge in [0.2, 0.25) is 5.91 Å². The normalized spacial score (nSPS) is 19.0. The van der Waals surface area contributed by atoms with Crippen molar-refractivity contribution in [2.45, 2.75) is 31.7 Å². The molecule has 0 radical (unpaired) electrons. The minimum absolute atomic E-state index is 0. The van der Waals surface area contributed by atoms with E-state index in [0.717, 1.165) is 20.9 Å². The third kappa shape index (κ3) is 7.78. The van der Waals surface area contributed by atoms with Crippen LogP contribution in [0.25, 0.3) is 0 Å². The molecule has 1 unspecified atom stereocenters. The predicted octanol–water partition coefficient (Wildman–Crippen LogP) is -2.19. The molecular formula is C30H29N6NaO8S. The number of hydrazone groups is 1. The number of β-lactam (4-membered cyclic amide) rings is 1. The van der Waals surface area contributed by atoms with E-state index >= 15 is 0 Å². The molecular weight excluding hydrogens is 627 g/mol. The van der Waals surface area contributed by atoms with Crippen LogP contribution in [0.3, 0.4) is 0 Å². The second-order valence-corrected chi connectivity index (χ2v) is 11.6. The van der Waals surface area contributed by atoms with Crippen molar-refractivity contribution in [2.75, 3.05) is 30.8 Å². The molecule has 0 aromatic heterocycles. The zero-order valence-electron chi connectivity index (χ0n) is 25.3. The smallest absolute Gasteiger partial charge is 0.543 e. The first-order chi connectivity index (χ1) is 21.5. The molecule has 2 aromatic rings. The van der Waals surface area contributed by atoms with Gasteiger partial charge in [0, 0.05) is 23.9 Å². The molecule has 2 fully saturated rings. The molecule has 3 aliphatic heterocycles. The predicted molar refractivity (Wildman–Crippen MR) is 160 cm³/mol. The summed E-state index contributed by atoms with van der Waals surface area (Å²) in [7, 11) is 0. The van der Waals surface area contributed by atoms with Gasteiger partial charge in [-0.25, -0.2) is 19.5 Å². The number of urea groups is 2. The molecule has 0 bridgehead atoms. The number of ether oxygens (including phenoxy) is 1. The van der Waals surface area contributed by atoms with Crippen molar-refractivity contribution in [1.29, 1.82) is 0 Å². The molecule has 5 rings (SSSR count). The average molecular weight is 657 g/mol. The number of carbonyl (C=O) groups is 6. The van der Waals surface area contributed by atoms with Crippen LogP contribution in [0.5, 0.6) is 0 Å². The summed E-state index contributed by atoms with van der Waals surface area (Å²) in [5.74, 6) is -3.09. The van der Waals surface area contributed by atoms with Crippen LogP contribution in [0.2, 0.25) is 0 Å². The number of carboxylic acids is 1. The van der Waals surface area contributed by atoms with Gasteiger partial charge in [0.15, 0.2) is 0 Å². The van der Waals surface area contributed by atoms with Crippen LogP contribution < -0.4 is 45.3 Å². The second kappa shape index (κ2) is 14.9. The number of carboxylic acid groups (broad SMARTS) is 1. The summed E-state index contributed by atoms with van der Waals surface area (Å²) < 4.78 is 4.90. The van der Waals surface area contributed by atoms with Gasteiger partial charge in [-0.2, -0.15) is 5.10 Å². The fraction of sp³-hybridized carbons (Fsp3) is 0.300. The van der Waals surface area contributed by atoms with Crippen LogP contribution >= 0.6 is 11.8 Å². The SMILES string of the molecule is CC(=O)OCC1=C(C(=O)[O-])N2C(=O)C(NC(=O)Cc3cccc(NC(=O)N4CCN(N=Cc5cccc(C)c5)C4=O)c3)[C@@H]2SC1.[Na+]. The molecule has 3 aliphatic rings. The van der Waals surface area contributed by atoms with Gasteiger partial charge in [-0.3, -0.25) is 19.3 Å². The molecule has 14 nitrogen and oxygen atoms in total. The Morgan fingerprint density at radius 1 is 1.11 bits per heavy atom. The summed E-state index contributed by atoms with van der Waals surface area (Å²) in [6.07, 6.45) is 1.43. The molecule has 2 N–H and O–H groups in total. The van der Waals surface area contributed by atoms with Gasteiger partial charge in [-0.15, -0.1) is 11.8 Å². The van der Waals surface area contributed by atoms with Crippen molar-refractivity contribution >= 4 is 59.5 Å². The van der Waals surface area contributed by atoms with Crippen LogP contribution in [0.4, 0.5) is 15.3 Å². The number of hydrogen-bond donors (Lipinski definition) is 2. The zero-order chi connectivity index (χ0) is 32.2. The molecule has 6 amide bonds. The summed E-state index contributed by atoms with van der Waals surface area (Å²) in [6.45, 7) is 3.24. The number of nitrogens with zero attached hydrogens (tertiary/aromatic N) is 4. The molecule has 0 aliphatic carbocycles. The van der Waals surface area contributed by atoms with E-state index in [4.69, 9.17) is 4.74 Å². The summed E-state index contributed by atoms with van der Waals surface area (Å²) in [6, 6.07) is 11.9. The topological polar surface area (TPSA) is 181 Å². The number of fused-ring (bicyclic) bond motifs is 1. The quantitative estimate of drug-likeness (QED) is 0.131. The van der Waals surface area contributed by atoms with Crippen molar-refractivity contribution in [3.05, 3.63) is 76.5 Å². The largest absolute Gasteiger partial charge is 1.00 e. The van der Waals surface area contributed by atoms with Crippen LogP contribution in [0.15, 0.2) is 64.9 Å². The second-order valence-electron chi connectivity index (χ2n) is 10.5. The number of thioether (sulfide) groups is 1. The number of anilines is 1. The van der Waals surface area contributed by atoms with Crippen LogP contribution in [0.1, 0.15) is 23.6 Å². The Morgan fingerprint density at radius 3 is 2.59 bits per heavy atom. The number of amides is 6. The van der Waals surface area contributed by atoms with Gasteiger partial charge in [0.25, 0.3) is 5.91 Å². The number of esters is 1. The maximum absolute atomic E-state index is 12.9. The monoisotopic (exact) mass is 656 g/mol. The third-order valence-electron chi connectivity index (χ3n) is 7.17. The summed E-state index contributed by atoms with van der Waals surface area (Å²) >= 11 is 1.24. The first-order valence-corrected chi connectivity index (χ1v) is 15.0. The van der Waals surface area contributed by atoms with Gasteiger partial charge in [0.1, 0.15) is 18.0 Å². The Bertz CT molecular complexity index is 1650. The molecule has 0 saturated carbocycles. The van der Waals surface area contributed by atoms with Crippen molar-refractivity contribution in [3.8, 4) is 0 Å². The minimum Gasteiger partial charge on any atom is -0.543 e. The molecule has 2 atom stereocenters. The van der Waals surface area contributed by atoms with E-state index in [0.29, 0.717) is 11.3 Å². The van der Waals surface area contributed by atoms with Crippen molar-refractivity contribution < 1.29 is 68.2 Å². The van der Waals surface area contributed by atoms with Crippen LogP contribution in [-0.2, 0) is 30.3 Å². The van der Waals surface area contributed by atoms with Gasteiger partial charge < -0.3 is 25.3 Å². The first kappa shape index (κ1) is 34.7. The van der Waals surface area contributed by atoms with Crippen molar-refractivity contribution in [2.24, 2.45) is 5.10 Å². The molecule has 3 heterocycles. The van der Waals surface area contributed by atoms with E-state index in [1.807, 2.05) is 31.2 Å². The Balaban J connectivity index is 0.00000480. The molecule has 2 aromatic carbocycles. The van der Waals surface area contributed by atoms with Gasteiger partial charge in [-0.05, 0) is 30.2 Å². The number of hydrogen-bond acceptors (Lipinski definition) is 10. The zero-order valence-corrected chi connectivity index (χ0v) is 28.2. The number of aliphatic carboxylic acids is 1. The van der Waals surface area contributed by atoms with E-state index < -0.39 is 47.2 Å². The number of nitrogens with one attached hydrogen (secondary N) is 2. The molecule has 16 heteroatoms. The third-order valence-corrected chi connectivity index (χ3v) is 8.51. The number of benzene rings is 2. The fourth-order valence-corrected chi connectivity index (χ4v) is 6.37. The van der Waals surface area contributed by atoms with E-state index in [1.54, 1.807) is 30.5 Å². The van der Waals surface area contributed by atoms with Crippen LogP contribution in [0, 0.1) is 6.92 Å². The molecule has 0 spiro atoms. The number of rotatable bonds is 9. The van der Waals surface area contributed by atoms with Gasteiger partial charge in [-0.1, -0.05) is 42.0 Å². The van der Waals surface area contributed by atoms with Gasteiger partial charge in [0.05, 0.1) is 37.4 Å². The summed E-state index contributed by atoms with van der Waals surface area (Å²) in [5, 5.41) is 21.9. The number of imide groups is 1. The summed E-state index contributed by atoms with van der Waals surface area (Å²) in [4.78, 5) is 76.3. The first-order valence-electron chi connectivity index (χ1n) is 13.9. The average Bonchev–Trinajstić information content (AvgIpc) is 3.37. The Labute approximate surface area is 290 Å². The fourth-order valence-electron chi connectivity index (χ4n) is 5.04. The van der Waals surface area contributed by atoms with E-state index in [-0.39, 0.29) is 72.7 Å². The molecule has 46 heavy (non-hydrogen) atoms. The number of carbonyl (C=O) groups excluding carboxylic acids is 6. The van der Waals surface area contributed by atoms with Crippen molar-refractivity contribution in [1.82, 2.24) is 20.1 Å².